The summed E-state index contributed by atoms with van der Waals surface area (Å²) in [6, 6.07) is 8.82. The van der Waals surface area contributed by atoms with Crippen LogP contribution in [0.25, 0.3) is 0 Å². The summed E-state index contributed by atoms with van der Waals surface area (Å²) < 4.78 is 5.53. The fourth-order valence-electron chi connectivity index (χ4n) is 2.16. The van der Waals surface area contributed by atoms with Crippen LogP contribution in [0.15, 0.2) is 42.7 Å². The summed E-state index contributed by atoms with van der Waals surface area (Å²) in [5.41, 5.74) is 7.58. The maximum absolute atomic E-state index is 12.8. The Balaban J connectivity index is 2.43. The minimum Gasteiger partial charge on any atom is -0.493 e. The molecule has 0 saturated heterocycles. The number of carbonyl (C=O) groups is 1. The SMILES string of the molecule is CCOc1cccc(N)c1C(=O)N(CC)c1ccncc1. The third-order valence-corrected chi connectivity index (χ3v) is 3.11. The normalized spacial score (nSPS) is 10.2. The number of pyridine rings is 1. The zero-order valence-corrected chi connectivity index (χ0v) is 12.2. The molecule has 0 bridgehead atoms. The van der Waals surface area contributed by atoms with E-state index in [2.05, 4.69) is 4.98 Å². The fraction of sp³-hybridized carbons (Fsp3) is 0.250. The topological polar surface area (TPSA) is 68.5 Å². The molecule has 5 heteroatoms. The van der Waals surface area contributed by atoms with Crippen LogP contribution in [0.3, 0.4) is 0 Å². The van der Waals surface area contributed by atoms with Gasteiger partial charge in [0.25, 0.3) is 5.91 Å². The summed E-state index contributed by atoms with van der Waals surface area (Å²) in [4.78, 5) is 18.5. The van der Waals surface area contributed by atoms with Crippen molar-refractivity contribution in [2.24, 2.45) is 0 Å². The van der Waals surface area contributed by atoms with Crippen LogP contribution in [0.4, 0.5) is 11.4 Å². The maximum atomic E-state index is 12.8. The van der Waals surface area contributed by atoms with Crippen LogP contribution in [0.1, 0.15) is 24.2 Å². The number of benzene rings is 1. The second-order valence-corrected chi connectivity index (χ2v) is 4.41. The molecule has 0 aliphatic rings. The van der Waals surface area contributed by atoms with Crippen LogP contribution < -0.4 is 15.4 Å². The highest BCUT2D eigenvalue weighted by molar-refractivity contribution is 6.11. The van der Waals surface area contributed by atoms with Gasteiger partial charge in [0.2, 0.25) is 0 Å². The van der Waals surface area contributed by atoms with E-state index >= 15 is 0 Å². The zero-order valence-electron chi connectivity index (χ0n) is 12.2. The van der Waals surface area contributed by atoms with E-state index in [0.29, 0.717) is 30.2 Å². The predicted octanol–water partition coefficient (Wildman–Crippen LogP) is 2.73. The number of amides is 1. The first-order chi connectivity index (χ1) is 10.2. The quantitative estimate of drug-likeness (QED) is 0.858. The minimum absolute atomic E-state index is 0.176. The Morgan fingerprint density at radius 2 is 1.95 bits per heavy atom. The van der Waals surface area contributed by atoms with Gasteiger partial charge in [0.15, 0.2) is 0 Å². The lowest BCUT2D eigenvalue weighted by Crippen LogP contribution is -2.31. The second kappa shape index (κ2) is 6.74. The number of nitrogens with zero attached hydrogens (tertiary/aromatic N) is 2. The van der Waals surface area contributed by atoms with E-state index in [9.17, 15) is 4.79 Å². The molecule has 0 radical (unpaired) electrons. The number of hydrogen-bond acceptors (Lipinski definition) is 4. The third-order valence-electron chi connectivity index (χ3n) is 3.11. The van der Waals surface area contributed by atoms with Gasteiger partial charge in [0, 0.05) is 30.3 Å². The van der Waals surface area contributed by atoms with Crippen molar-refractivity contribution in [3.63, 3.8) is 0 Å². The first-order valence-electron chi connectivity index (χ1n) is 6.92. The number of hydrogen-bond donors (Lipinski definition) is 1. The summed E-state index contributed by atoms with van der Waals surface area (Å²) >= 11 is 0. The summed E-state index contributed by atoms with van der Waals surface area (Å²) in [5, 5.41) is 0. The van der Waals surface area contributed by atoms with E-state index in [1.165, 1.54) is 0 Å². The molecule has 1 aromatic heterocycles. The number of carbonyl (C=O) groups excluding carboxylic acids is 1. The Hall–Kier alpha value is -2.56. The Labute approximate surface area is 124 Å². The van der Waals surface area contributed by atoms with Crippen LogP contribution in [-0.2, 0) is 0 Å². The Bertz CT molecular complexity index is 614. The van der Waals surface area contributed by atoms with Crippen LogP contribution >= 0.6 is 0 Å². The monoisotopic (exact) mass is 285 g/mol. The minimum atomic E-state index is -0.176. The van der Waals surface area contributed by atoms with Gasteiger partial charge in [0.1, 0.15) is 11.3 Å². The average molecular weight is 285 g/mol. The Morgan fingerprint density at radius 3 is 2.57 bits per heavy atom. The molecule has 0 aliphatic heterocycles. The molecule has 0 aliphatic carbocycles. The molecule has 0 atom stereocenters. The van der Waals surface area contributed by atoms with Gasteiger partial charge in [-0.25, -0.2) is 0 Å². The van der Waals surface area contributed by atoms with Crippen molar-refractivity contribution in [2.45, 2.75) is 13.8 Å². The number of rotatable bonds is 5. The molecule has 110 valence electrons. The zero-order chi connectivity index (χ0) is 15.2. The number of ether oxygens (including phenoxy) is 1. The molecule has 2 aromatic rings. The van der Waals surface area contributed by atoms with Crippen LogP contribution in [-0.4, -0.2) is 24.0 Å². The van der Waals surface area contributed by atoms with Gasteiger partial charge in [-0.1, -0.05) is 6.07 Å². The van der Waals surface area contributed by atoms with Gasteiger partial charge in [0.05, 0.1) is 6.61 Å². The summed E-state index contributed by atoms with van der Waals surface area (Å²) in [7, 11) is 0. The fourth-order valence-corrected chi connectivity index (χ4v) is 2.16. The number of aromatic nitrogens is 1. The second-order valence-electron chi connectivity index (χ2n) is 4.41. The molecule has 0 saturated carbocycles. The van der Waals surface area contributed by atoms with Crippen LogP contribution in [0.5, 0.6) is 5.75 Å². The molecule has 5 nitrogen and oxygen atoms in total. The molecule has 0 spiro atoms. The van der Waals surface area contributed by atoms with E-state index < -0.39 is 0 Å². The van der Waals surface area contributed by atoms with Crippen LogP contribution in [0.2, 0.25) is 0 Å². The molecule has 1 amide bonds. The molecular weight excluding hydrogens is 266 g/mol. The third kappa shape index (κ3) is 3.13. The van der Waals surface area contributed by atoms with Gasteiger partial charge < -0.3 is 15.4 Å². The van der Waals surface area contributed by atoms with Crippen molar-refractivity contribution < 1.29 is 9.53 Å². The smallest absolute Gasteiger partial charge is 0.264 e. The van der Waals surface area contributed by atoms with E-state index in [4.69, 9.17) is 10.5 Å². The number of nitrogens with two attached hydrogens (primary N) is 1. The van der Waals surface area contributed by atoms with Gasteiger partial charge >= 0.3 is 0 Å². The number of nitrogen functional groups attached to an aromatic ring is 1. The van der Waals surface area contributed by atoms with E-state index in [1.54, 1.807) is 47.6 Å². The molecular formula is C16H19N3O2. The van der Waals surface area contributed by atoms with Gasteiger partial charge in [-0.05, 0) is 38.1 Å². The molecule has 0 unspecified atom stereocenters. The molecule has 1 heterocycles. The average Bonchev–Trinajstić information content (AvgIpc) is 2.49. The highest BCUT2D eigenvalue weighted by atomic mass is 16.5. The maximum Gasteiger partial charge on any atom is 0.264 e. The first kappa shape index (κ1) is 14.8. The summed E-state index contributed by atoms with van der Waals surface area (Å²) in [5.74, 6) is 0.334. The summed E-state index contributed by atoms with van der Waals surface area (Å²) in [6.45, 7) is 4.80. The highest BCUT2D eigenvalue weighted by Gasteiger charge is 2.22. The van der Waals surface area contributed by atoms with Crippen molar-refractivity contribution in [2.75, 3.05) is 23.8 Å². The van der Waals surface area contributed by atoms with Crippen molar-refractivity contribution in [1.29, 1.82) is 0 Å². The lowest BCUT2D eigenvalue weighted by molar-refractivity contribution is 0.0985. The van der Waals surface area contributed by atoms with Crippen molar-refractivity contribution in [3.05, 3.63) is 48.3 Å². The Morgan fingerprint density at radius 1 is 1.24 bits per heavy atom. The van der Waals surface area contributed by atoms with Crippen molar-refractivity contribution in [3.8, 4) is 5.75 Å². The highest BCUT2D eigenvalue weighted by Crippen LogP contribution is 2.28. The predicted molar refractivity (Wildman–Crippen MR) is 83.6 cm³/mol. The van der Waals surface area contributed by atoms with Gasteiger partial charge in [-0.3, -0.25) is 9.78 Å². The lowest BCUT2D eigenvalue weighted by Gasteiger charge is -2.23. The molecule has 21 heavy (non-hydrogen) atoms. The van der Waals surface area contributed by atoms with Gasteiger partial charge in [-0.15, -0.1) is 0 Å². The molecule has 2 rings (SSSR count). The number of anilines is 2. The van der Waals surface area contributed by atoms with Crippen molar-refractivity contribution >= 4 is 17.3 Å². The Kier molecular flexibility index (Phi) is 4.77. The summed E-state index contributed by atoms with van der Waals surface area (Å²) in [6.07, 6.45) is 3.31. The largest absolute Gasteiger partial charge is 0.493 e. The standard InChI is InChI=1S/C16H19N3O2/c1-3-19(12-8-10-18-11-9-12)16(20)15-13(17)6-5-7-14(15)21-4-2/h5-11H,3-4,17H2,1-2H3. The van der Waals surface area contributed by atoms with E-state index in [1.807, 2.05) is 13.8 Å². The van der Waals surface area contributed by atoms with Crippen molar-refractivity contribution in [1.82, 2.24) is 4.98 Å². The van der Waals surface area contributed by atoms with Gasteiger partial charge in [-0.2, -0.15) is 0 Å². The van der Waals surface area contributed by atoms with E-state index in [-0.39, 0.29) is 5.91 Å². The lowest BCUT2D eigenvalue weighted by atomic mass is 10.1. The molecule has 2 N–H and O–H groups in total. The molecule has 0 fully saturated rings. The first-order valence-corrected chi connectivity index (χ1v) is 6.92. The van der Waals surface area contributed by atoms with Crippen LogP contribution in [0, 0.1) is 0 Å². The molecule has 1 aromatic carbocycles. The van der Waals surface area contributed by atoms with E-state index in [0.717, 1.165) is 5.69 Å².